The van der Waals surface area contributed by atoms with Crippen LogP contribution in [-0.2, 0) is 19.6 Å². The quantitative estimate of drug-likeness (QED) is 0.756. The van der Waals surface area contributed by atoms with E-state index in [1.165, 1.54) is 24.3 Å². The Morgan fingerprint density at radius 3 is 2.50 bits per heavy atom. The summed E-state index contributed by atoms with van der Waals surface area (Å²) >= 11 is 0. The molecule has 142 valence electrons. The van der Waals surface area contributed by atoms with Crippen LogP contribution >= 0.6 is 0 Å². The smallest absolute Gasteiger partial charge is 0.310 e. The molecule has 1 heterocycles. The Balaban J connectivity index is 1.66. The third-order valence-electron chi connectivity index (χ3n) is 4.64. The molecule has 1 saturated carbocycles. The van der Waals surface area contributed by atoms with Crippen molar-refractivity contribution in [3.8, 4) is 0 Å². The predicted octanol–water partition coefficient (Wildman–Crippen LogP) is 1.54. The largest absolute Gasteiger partial charge is 0.466 e. The summed E-state index contributed by atoms with van der Waals surface area (Å²) in [5.41, 5.74) is 0.417. The third-order valence-corrected chi connectivity index (χ3v) is 6.18. The van der Waals surface area contributed by atoms with Crippen LogP contribution in [0.5, 0.6) is 0 Å². The Hall–Kier alpha value is -1.93. The molecule has 1 aromatic rings. The normalized spacial score (nSPS) is 20.7. The lowest BCUT2D eigenvalue weighted by Crippen LogP contribution is -2.42. The molecule has 0 radical (unpaired) electrons. The Morgan fingerprint density at radius 1 is 1.19 bits per heavy atom. The number of carbonyl (C=O) groups is 2. The minimum absolute atomic E-state index is 0.0365. The van der Waals surface area contributed by atoms with Gasteiger partial charge < -0.3 is 9.64 Å². The average molecular weight is 380 g/mol. The van der Waals surface area contributed by atoms with Gasteiger partial charge in [-0.05, 0) is 56.9 Å². The molecule has 1 N–H and O–H groups in total. The predicted molar refractivity (Wildman–Crippen MR) is 95.0 cm³/mol. The van der Waals surface area contributed by atoms with E-state index in [0.29, 0.717) is 31.7 Å². The molecule has 8 heteroatoms. The van der Waals surface area contributed by atoms with Crippen molar-refractivity contribution in [1.82, 2.24) is 9.62 Å². The van der Waals surface area contributed by atoms with Gasteiger partial charge in [0.05, 0.1) is 17.4 Å². The van der Waals surface area contributed by atoms with Gasteiger partial charge in [0, 0.05) is 24.7 Å². The van der Waals surface area contributed by atoms with Crippen LogP contribution in [-0.4, -0.2) is 50.9 Å². The molecule has 0 spiro atoms. The summed E-state index contributed by atoms with van der Waals surface area (Å²) in [6.07, 6.45) is 3.19. The SMILES string of the molecule is CCOC(=O)[C@@H]1CCCN(C(=O)c2ccc(S(=O)(=O)NC3CC3)cc2)C1. The van der Waals surface area contributed by atoms with E-state index in [9.17, 15) is 18.0 Å². The maximum Gasteiger partial charge on any atom is 0.310 e. The zero-order valence-electron chi connectivity index (χ0n) is 14.8. The van der Waals surface area contributed by atoms with Crippen LogP contribution in [0.1, 0.15) is 43.0 Å². The van der Waals surface area contributed by atoms with Crippen molar-refractivity contribution < 1.29 is 22.7 Å². The van der Waals surface area contributed by atoms with E-state index in [4.69, 9.17) is 4.74 Å². The lowest BCUT2D eigenvalue weighted by molar-refractivity contribution is -0.149. The van der Waals surface area contributed by atoms with E-state index in [2.05, 4.69) is 4.72 Å². The van der Waals surface area contributed by atoms with Crippen molar-refractivity contribution in [3.63, 3.8) is 0 Å². The van der Waals surface area contributed by atoms with Gasteiger partial charge in [0.15, 0.2) is 0 Å². The summed E-state index contributed by atoms with van der Waals surface area (Å²) in [4.78, 5) is 26.4. The number of esters is 1. The number of nitrogens with zero attached hydrogens (tertiary/aromatic N) is 1. The summed E-state index contributed by atoms with van der Waals surface area (Å²) < 4.78 is 32.0. The van der Waals surface area contributed by atoms with Gasteiger partial charge in [-0.3, -0.25) is 9.59 Å². The van der Waals surface area contributed by atoms with Crippen LogP contribution in [0.25, 0.3) is 0 Å². The van der Waals surface area contributed by atoms with Crippen LogP contribution < -0.4 is 4.72 Å². The number of hydrogen-bond acceptors (Lipinski definition) is 5. The van der Waals surface area contributed by atoms with Gasteiger partial charge in [-0.2, -0.15) is 0 Å². The van der Waals surface area contributed by atoms with Crippen molar-refractivity contribution in [2.75, 3.05) is 19.7 Å². The third kappa shape index (κ3) is 4.42. The fourth-order valence-electron chi connectivity index (χ4n) is 3.06. The molecular weight excluding hydrogens is 356 g/mol. The highest BCUT2D eigenvalue weighted by molar-refractivity contribution is 7.89. The number of benzene rings is 1. The zero-order valence-corrected chi connectivity index (χ0v) is 15.6. The van der Waals surface area contributed by atoms with Crippen LogP contribution in [0.2, 0.25) is 0 Å². The van der Waals surface area contributed by atoms with Crippen LogP contribution in [0.15, 0.2) is 29.2 Å². The highest BCUT2D eigenvalue weighted by Gasteiger charge is 2.30. The molecule has 1 amide bonds. The molecule has 2 aliphatic rings. The first kappa shape index (κ1) is 18.8. The number of rotatable bonds is 6. The highest BCUT2D eigenvalue weighted by atomic mass is 32.2. The second-order valence-corrected chi connectivity index (χ2v) is 8.48. The fourth-order valence-corrected chi connectivity index (χ4v) is 4.37. The van der Waals surface area contributed by atoms with E-state index in [0.717, 1.165) is 19.3 Å². The number of hydrogen-bond donors (Lipinski definition) is 1. The molecule has 1 aliphatic heterocycles. The van der Waals surface area contributed by atoms with Crippen LogP contribution in [0.3, 0.4) is 0 Å². The average Bonchev–Trinajstić information content (AvgIpc) is 3.45. The van der Waals surface area contributed by atoms with Gasteiger partial charge in [-0.1, -0.05) is 0 Å². The molecule has 0 unspecified atom stereocenters. The number of ether oxygens (including phenoxy) is 1. The maximum absolute atomic E-state index is 12.7. The molecule has 1 atom stereocenters. The Labute approximate surface area is 153 Å². The van der Waals surface area contributed by atoms with Crippen molar-refractivity contribution in [1.29, 1.82) is 0 Å². The number of nitrogens with one attached hydrogen (secondary N) is 1. The number of piperidine rings is 1. The molecule has 1 aromatic carbocycles. The minimum Gasteiger partial charge on any atom is -0.466 e. The van der Waals surface area contributed by atoms with Gasteiger partial charge >= 0.3 is 5.97 Å². The summed E-state index contributed by atoms with van der Waals surface area (Å²) in [5.74, 6) is -0.759. The first-order valence-corrected chi connectivity index (χ1v) is 10.5. The summed E-state index contributed by atoms with van der Waals surface area (Å²) in [6, 6.07) is 5.99. The molecule has 7 nitrogen and oxygen atoms in total. The van der Waals surface area contributed by atoms with Crippen molar-refractivity contribution >= 4 is 21.9 Å². The first-order valence-electron chi connectivity index (χ1n) is 8.99. The fraction of sp³-hybridized carbons (Fsp3) is 0.556. The number of carbonyl (C=O) groups excluding carboxylic acids is 2. The Morgan fingerprint density at radius 2 is 1.88 bits per heavy atom. The van der Waals surface area contributed by atoms with Gasteiger partial charge in [0.1, 0.15) is 0 Å². The molecular formula is C18H24N2O5S. The lowest BCUT2D eigenvalue weighted by atomic mass is 9.97. The van der Waals surface area contributed by atoms with E-state index in [1.807, 2.05) is 0 Å². The lowest BCUT2D eigenvalue weighted by Gasteiger charge is -2.31. The van der Waals surface area contributed by atoms with E-state index < -0.39 is 10.0 Å². The van der Waals surface area contributed by atoms with Crippen molar-refractivity contribution in [2.45, 2.75) is 43.5 Å². The van der Waals surface area contributed by atoms with E-state index >= 15 is 0 Å². The van der Waals surface area contributed by atoms with Gasteiger partial charge in [-0.25, -0.2) is 13.1 Å². The zero-order chi connectivity index (χ0) is 18.7. The van der Waals surface area contributed by atoms with Gasteiger partial charge in [-0.15, -0.1) is 0 Å². The molecule has 3 rings (SSSR count). The summed E-state index contributed by atoms with van der Waals surface area (Å²) in [6.45, 7) is 3.00. The highest BCUT2D eigenvalue weighted by Crippen LogP contribution is 2.23. The number of likely N-dealkylation sites (tertiary alicyclic amines) is 1. The Bertz CT molecular complexity index is 771. The summed E-state index contributed by atoms with van der Waals surface area (Å²) in [7, 11) is -3.53. The van der Waals surface area contributed by atoms with Crippen molar-refractivity contribution in [2.24, 2.45) is 5.92 Å². The topological polar surface area (TPSA) is 92.8 Å². The van der Waals surface area contributed by atoms with E-state index in [1.54, 1.807) is 11.8 Å². The molecule has 1 saturated heterocycles. The first-order chi connectivity index (χ1) is 12.4. The molecule has 2 fully saturated rings. The molecule has 0 bridgehead atoms. The van der Waals surface area contributed by atoms with E-state index in [-0.39, 0.29) is 28.7 Å². The van der Waals surface area contributed by atoms with Gasteiger partial charge in [0.25, 0.3) is 5.91 Å². The molecule has 0 aromatic heterocycles. The second-order valence-electron chi connectivity index (χ2n) is 6.76. The monoisotopic (exact) mass is 380 g/mol. The summed E-state index contributed by atoms with van der Waals surface area (Å²) in [5, 5.41) is 0. The van der Waals surface area contributed by atoms with Gasteiger partial charge in [0.2, 0.25) is 10.0 Å². The van der Waals surface area contributed by atoms with Crippen LogP contribution in [0, 0.1) is 5.92 Å². The van der Waals surface area contributed by atoms with Crippen molar-refractivity contribution in [3.05, 3.63) is 29.8 Å². The Kier molecular flexibility index (Phi) is 5.62. The number of amides is 1. The molecule has 26 heavy (non-hydrogen) atoms. The van der Waals surface area contributed by atoms with Crippen LogP contribution in [0.4, 0.5) is 0 Å². The minimum atomic E-state index is -3.53. The molecule has 1 aliphatic carbocycles. The standard InChI is InChI=1S/C18H24N2O5S/c1-2-25-18(22)14-4-3-11-20(12-14)17(21)13-5-9-16(10-6-13)26(23,24)19-15-7-8-15/h5-6,9-10,14-15,19H,2-4,7-8,11-12H2,1H3/t14-/m1/s1. The number of sulfonamides is 1. The second kappa shape index (κ2) is 7.75. The maximum atomic E-state index is 12.7.